The van der Waals surface area contributed by atoms with Gasteiger partial charge in [0.25, 0.3) is 5.91 Å². The molecule has 0 atom stereocenters. The number of methoxy groups -OCH3 is 1. The first-order valence-electron chi connectivity index (χ1n) is 9.91. The number of sulfonamides is 1. The van der Waals surface area contributed by atoms with Crippen LogP contribution >= 0.6 is 11.3 Å². The maximum atomic E-state index is 12.8. The van der Waals surface area contributed by atoms with E-state index in [4.69, 9.17) is 4.74 Å². The normalized spacial score (nSPS) is 15.1. The van der Waals surface area contributed by atoms with Crippen LogP contribution in [0.2, 0.25) is 0 Å². The SMILES string of the molecule is COCCNS(=O)(=O)c1ccc(C(=O)N2CCC(C(=O)Nc3nc(C)cs3)CC2)cc1. The summed E-state index contributed by atoms with van der Waals surface area (Å²) in [6, 6.07) is 5.85. The van der Waals surface area contributed by atoms with E-state index in [1.165, 1.54) is 42.7 Å². The summed E-state index contributed by atoms with van der Waals surface area (Å²) < 4.78 is 31.7. The second-order valence-electron chi connectivity index (χ2n) is 7.26. The highest BCUT2D eigenvalue weighted by atomic mass is 32.2. The van der Waals surface area contributed by atoms with Crippen LogP contribution in [0.1, 0.15) is 28.9 Å². The number of ether oxygens (including phenoxy) is 1. The van der Waals surface area contributed by atoms with Crippen LogP contribution in [0.5, 0.6) is 0 Å². The highest BCUT2D eigenvalue weighted by molar-refractivity contribution is 7.89. The number of hydrogen-bond acceptors (Lipinski definition) is 7. The number of piperidine rings is 1. The summed E-state index contributed by atoms with van der Waals surface area (Å²) in [6.45, 7) is 3.24. The lowest BCUT2D eigenvalue weighted by Crippen LogP contribution is -2.41. The predicted molar refractivity (Wildman–Crippen MR) is 118 cm³/mol. The lowest BCUT2D eigenvalue weighted by Gasteiger charge is -2.31. The van der Waals surface area contributed by atoms with Crippen molar-refractivity contribution < 1.29 is 22.7 Å². The molecule has 1 aromatic carbocycles. The van der Waals surface area contributed by atoms with Gasteiger partial charge in [-0.3, -0.25) is 9.59 Å². The third-order valence-corrected chi connectivity index (χ3v) is 7.36. The van der Waals surface area contributed by atoms with E-state index < -0.39 is 10.0 Å². The molecule has 0 radical (unpaired) electrons. The molecule has 168 valence electrons. The Kier molecular flexibility index (Phi) is 7.76. The summed E-state index contributed by atoms with van der Waals surface area (Å²) in [7, 11) is -2.15. The fourth-order valence-electron chi connectivity index (χ4n) is 3.28. The van der Waals surface area contributed by atoms with E-state index in [1.54, 1.807) is 4.90 Å². The van der Waals surface area contributed by atoms with Gasteiger partial charge >= 0.3 is 0 Å². The summed E-state index contributed by atoms with van der Waals surface area (Å²) in [6.07, 6.45) is 1.13. The molecule has 2 heterocycles. The molecule has 0 aliphatic carbocycles. The van der Waals surface area contributed by atoms with Crippen molar-refractivity contribution in [3.05, 3.63) is 40.9 Å². The van der Waals surface area contributed by atoms with E-state index in [0.717, 1.165) is 5.69 Å². The molecule has 9 nitrogen and oxygen atoms in total. The number of hydrogen-bond donors (Lipinski definition) is 2. The van der Waals surface area contributed by atoms with Gasteiger partial charge in [0.05, 0.1) is 17.2 Å². The van der Waals surface area contributed by atoms with Gasteiger partial charge in [0.1, 0.15) is 0 Å². The number of likely N-dealkylation sites (tertiary alicyclic amines) is 1. The van der Waals surface area contributed by atoms with Gasteiger partial charge < -0.3 is 15.0 Å². The molecule has 2 aromatic rings. The maximum absolute atomic E-state index is 12.8. The quantitative estimate of drug-likeness (QED) is 0.574. The van der Waals surface area contributed by atoms with Crippen molar-refractivity contribution in [2.45, 2.75) is 24.7 Å². The Morgan fingerprint density at radius 2 is 1.90 bits per heavy atom. The van der Waals surface area contributed by atoms with E-state index in [1.807, 2.05) is 12.3 Å². The maximum Gasteiger partial charge on any atom is 0.253 e. The molecule has 0 unspecified atom stereocenters. The van der Waals surface area contributed by atoms with E-state index >= 15 is 0 Å². The second kappa shape index (κ2) is 10.3. The minimum Gasteiger partial charge on any atom is -0.383 e. The van der Waals surface area contributed by atoms with Crippen molar-refractivity contribution in [3.8, 4) is 0 Å². The Labute approximate surface area is 185 Å². The standard InChI is InChI=1S/C20H26N4O5S2/c1-14-13-30-20(22-14)23-18(25)15-7-10-24(11-8-15)19(26)16-3-5-17(6-4-16)31(27,28)21-9-12-29-2/h3-6,13,15,21H,7-12H2,1-2H3,(H,22,23,25). The summed E-state index contributed by atoms with van der Waals surface area (Å²) in [5.74, 6) is -0.415. The van der Waals surface area contributed by atoms with Crippen molar-refractivity contribution in [2.75, 3.05) is 38.7 Å². The molecular weight excluding hydrogens is 440 g/mol. The van der Waals surface area contributed by atoms with Gasteiger partial charge in [-0.2, -0.15) is 0 Å². The average Bonchev–Trinajstić information content (AvgIpc) is 3.18. The molecule has 1 saturated heterocycles. The first kappa shape index (κ1) is 23.3. The zero-order valence-electron chi connectivity index (χ0n) is 17.5. The molecule has 1 aliphatic heterocycles. The number of nitrogens with zero attached hydrogens (tertiary/aromatic N) is 2. The molecule has 0 bridgehead atoms. The van der Waals surface area contributed by atoms with Crippen LogP contribution in [-0.4, -0.2) is 63.5 Å². The minimum atomic E-state index is -3.64. The molecule has 2 amide bonds. The monoisotopic (exact) mass is 466 g/mol. The summed E-state index contributed by atoms with van der Waals surface area (Å²) in [5.41, 5.74) is 1.28. The molecule has 0 spiro atoms. The molecule has 1 aliphatic rings. The molecule has 1 aromatic heterocycles. The molecular formula is C20H26N4O5S2. The molecule has 3 rings (SSSR count). The van der Waals surface area contributed by atoms with Crippen molar-refractivity contribution in [3.63, 3.8) is 0 Å². The Hall–Kier alpha value is -2.34. The lowest BCUT2D eigenvalue weighted by atomic mass is 9.95. The predicted octanol–water partition coefficient (Wildman–Crippen LogP) is 1.87. The van der Waals surface area contributed by atoms with E-state index in [9.17, 15) is 18.0 Å². The van der Waals surface area contributed by atoms with Crippen LogP contribution in [0, 0.1) is 12.8 Å². The van der Waals surface area contributed by atoms with Gasteiger partial charge in [-0.25, -0.2) is 18.1 Å². The number of carbonyl (C=O) groups excluding carboxylic acids is 2. The van der Waals surface area contributed by atoms with Gasteiger partial charge in [-0.1, -0.05) is 0 Å². The third kappa shape index (κ3) is 6.10. The Morgan fingerprint density at radius 1 is 1.23 bits per heavy atom. The van der Waals surface area contributed by atoms with Gasteiger partial charge in [-0.15, -0.1) is 11.3 Å². The number of anilines is 1. The smallest absolute Gasteiger partial charge is 0.253 e. The molecule has 0 saturated carbocycles. The number of amides is 2. The minimum absolute atomic E-state index is 0.0722. The van der Waals surface area contributed by atoms with Gasteiger partial charge in [0.15, 0.2) is 5.13 Å². The fraction of sp³-hybridized carbons (Fsp3) is 0.450. The van der Waals surface area contributed by atoms with Crippen LogP contribution in [0.4, 0.5) is 5.13 Å². The average molecular weight is 467 g/mol. The largest absolute Gasteiger partial charge is 0.383 e. The van der Waals surface area contributed by atoms with Gasteiger partial charge in [0, 0.05) is 43.6 Å². The van der Waals surface area contributed by atoms with Crippen LogP contribution < -0.4 is 10.0 Å². The number of thiazole rings is 1. The second-order valence-corrected chi connectivity index (χ2v) is 9.89. The van der Waals surface area contributed by atoms with Crippen molar-refractivity contribution in [2.24, 2.45) is 5.92 Å². The van der Waals surface area contributed by atoms with Crippen LogP contribution in [0.25, 0.3) is 0 Å². The van der Waals surface area contributed by atoms with Crippen LogP contribution in [0.15, 0.2) is 34.5 Å². The topological polar surface area (TPSA) is 118 Å². The molecule has 31 heavy (non-hydrogen) atoms. The summed E-state index contributed by atoms with van der Waals surface area (Å²) >= 11 is 1.39. The highest BCUT2D eigenvalue weighted by Crippen LogP contribution is 2.23. The Balaban J connectivity index is 1.53. The van der Waals surface area contributed by atoms with Crippen molar-refractivity contribution in [1.82, 2.24) is 14.6 Å². The number of nitrogens with one attached hydrogen (secondary N) is 2. The summed E-state index contributed by atoms with van der Waals surface area (Å²) in [5, 5.41) is 5.31. The lowest BCUT2D eigenvalue weighted by molar-refractivity contribution is -0.121. The van der Waals surface area contributed by atoms with E-state index in [0.29, 0.717) is 36.6 Å². The van der Waals surface area contributed by atoms with E-state index in [-0.39, 0.29) is 35.8 Å². The third-order valence-electron chi connectivity index (χ3n) is 5.01. The Morgan fingerprint density at radius 3 is 2.48 bits per heavy atom. The number of carbonyl (C=O) groups is 2. The van der Waals surface area contributed by atoms with Gasteiger partial charge in [0.2, 0.25) is 15.9 Å². The Bertz CT molecular complexity index is 1010. The van der Waals surface area contributed by atoms with Gasteiger partial charge in [-0.05, 0) is 44.0 Å². The molecule has 11 heteroatoms. The number of aromatic nitrogens is 1. The zero-order valence-corrected chi connectivity index (χ0v) is 19.1. The number of aryl methyl sites for hydroxylation is 1. The molecule has 2 N–H and O–H groups in total. The van der Waals surface area contributed by atoms with Crippen molar-refractivity contribution in [1.29, 1.82) is 0 Å². The van der Waals surface area contributed by atoms with Crippen LogP contribution in [0.3, 0.4) is 0 Å². The number of rotatable bonds is 8. The first-order valence-corrected chi connectivity index (χ1v) is 12.3. The van der Waals surface area contributed by atoms with E-state index in [2.05, 4.69) is 15.0 Å². The molecule has 1 fully saturated rings. The zero-order chi connectivity index (χ0) is 22.4. The highest BCUT2D eigenvalue weighted by Gasteiger charge is 2.28. The summed E-state index contributed by atoms with van der Waals surface area (Å²) in [4.78, 5) is 31.2. The fourth-order valence-corrected chi connectivity index (χ4v) is 4.99. The van der Waals surface area contributed by atoms with Crippen molar-refractivity contribution >= 4 is 38.3 Å². The van der Waals surface area contributed by atoms with Crippen LogP contribution in [-0.2, 0) is 19.6 Å². The number of benzene rings is 1. The first-order chi connectivity index (χ1) is 14.8.